The fraction of sp³-hybridized carbons (Fsp3) is 0.130. The van der Waals surface area contributed by atoms with E-state index in [1.807, 2.05) is 0 Å². The molecule has 0 fully saturated rings. The first-order valence-corrected chi connectivity index (χ1v) is 9.82. The van der Waals surface area contributed by atoms with Crippen molar-refractivity contribution < 1.29 is 33.8 Å². The molecular formula is C23H19N3O8. The fourth-order valence-electron chi connectivity index (χ4n) is 2.84. The molecule has 11 nitrogen and oxygen atoms in total. The normalized spacial score (nSPS) is 10.6. The fourth-order valence-corrected chi connectivity index (χ4v) is 2.84. The van der Waals surface area contributed by atoms with Gasteiger partial charge in [-0.15, -0.1) is 0 Å². The van der Waals surface area contributed by atoms with E-state index in [-0.39, 0.29) is 24.5 Å². The van der Waals surface area contributed by atoms with Gasteiger partial charge in [-0.2, -0.15) is 10.2 Å². The van der Waals surface area contributed by atoms with Gasteiger partial charge in [0.2, 0.25) is 0 Å². The molecule has 1 N–H and O–H groups in total. The Morgan fingerprint density at radius 2 is 1.59 bits per heavy atom. The molecule has 0 bridgehead atoms. The first-order valence-electron chi connectivity index (χ1n) is 9.82. The number of esters is 1. The molecular weight excluding hydrogens is 446 g/mol. The zero-order valence-electron chi connectivity index (χ0n) is 17.9. The molecule has 3 aromatic carbocycles. The molecule has 0 aliphatic carbocycles. The lowest BCUT2D eigenvalue weighted by molar-refractivity contribution is -0.384. The number of rotatable bonds is 9. The summed E-state index contributed by atoms with van der Waals surface area (Å²) < 4.78 is 14.5. The number of carboxylic acid groups (broad SMARTS) is 1. The van der Waals surface area contributed by atoms with Gasteiger partial charge < -0.3 is 19.3 Å². The van der Waals surface area contributed by atoms with Crippen molar-refractivity contribution in [1.29, 1.82) is 0 Å². The highest BCUT2D eigenvalue weighted by molar-refractivity contribution is 5.70. The number of azo groups is 1. The predicted octanol–water partition coefficient (Wildman–Crippen LogP) is 5.21. The number of hydrogen-bond donors (Lipinski definition) is 1. The molecule has 0 aliphatic rings. The summed E-state index contributed by atoms with van der Waals surface area (Å²) in [5.74, 6) is 0.0327. The molecule has 0 spiro atoms. The van der Waals surface area contributed by atoms with Gasteiger partial charge in [0.05, 0.1) is 23.4 Å². The van der Waals surface area contributed by atoms with E-state index in [0.717, 1.165) is 5.56 Å². The maximum Gasteiger partial charge on any atom is 0.511 e. The third-order valence-corrected chi connectivity index (χ3v) is 4.49. The molecule has 174 valence electrons. The number of benzene rings is 3. The van der Waals surface area contributed by atoms with E-state index < -0.39 is 17.0 Å². The summed E-state index contributed by atoms with van der Waals surface area (Å²) in [6.07, 6.45) is -1.29. The van der Waals surface area contributed by atoms with Crippen molar-refractivity contribution in [2.24, 2.45) is 10.2 Å². The van der Waals surface area contributed by atoms with E-state index in [2.05, 4.69) is 15.0 Å². The van der Waals surface area contributed by atoms with Crippen LogP contribution in [0.2, 0.25) is 0 Å². The first kappa shape index (κ1) is 23.9. The Bertz CT molecular complexity index is 1210. The molecule has 11 heteroatoms. The van der Waals surface area contributed by atoms with Crippen LogP contribution in [0.25, 0.3) is 0 Å². The van der Waals surface area contributed by atoms with Crippen LogP contribution < -0.4 is 9.47 Å². The maximum atomic E-state index is 11.1. The summed E-state index contributed by atoms with van der Waals surface area (Å²) in [4.78, 5) is 32.5. The highest BCUT2D eigenvalue weighted by Gasteiger charge is 2.14. The van der Waals surface area contributed by atoms with Gasteiger partial charge in [0.1, 0.15) is 11.5 Å². The van der Waals surface area contributed by atoms with Crippen molar-refractivity contribution >= 4 is 29.2 Å². The number of hydrogen-bond acceptors (Lipinski definition) is 9. The third-order valence-electron chi connectivity index (χ3n) is 4.49. The Hall–Kier alpha value is -4.80. The number of nitrogens with zero attached hydrogens (tertiary/aromatic N) is 3. The van der Waals surface area contributed by atoms with Crippen molar-refractivity contribution in [3.05, 3.63) is 88.0 Å². The molecule has 0 radical (unpaired) electrons. The Morgan fingerprint density at radius 3 is 2.15 bits per heavy atom. The van der Waals surface area contributed by atoms with Gasteiger partial charge in [0.25, 0.3) is 5.69 Å². The highest BCUT2D eigenvalue weighted by atomic mass is 16.7. The minimum absolute atomic E-state index is 0.0286. The van der Waals surface area contributed by atoms with Gasteiger partial charge in [-0.05, 0) is 48.0 Å². The molecule has 3 rings (SSSR count). The minimum Gasteiger partial charge on any atom is -0.482 e. The lowest BCUT2D eigenvalue weighted by Gasteiger charge is -2.08. The Balaban J connectivity index is 1.67. The van der Waals surface area contributed by atoms with E-state index in [0.29, 0.717) is 22.7 Å². The second-order valence-corrected chi connectivity index (χ2v) is 6.82. The second kappa shape index (κ2) is 11.2. The number of nitro benzene ring substituents is 1. The Morgan fingerprint density at radius 1 is 0.971 bits per heavy atom. The van der Waals surface area contributed by atoms with Crippen molar-refractivity contribution in [3.63, 3.8) is 0 Å². The van der Waals surface area contributed by atoms with Crippen LogP contribution in [0.4, 0.5) is 21.9 Å². The molecule has 0 saturated heterocycles. The molecule has 0 amide bonds. The number of carbonyl (C=O) groups is 2. The van der Waals surface area contributed by atoms with Gasteiger partial charge >= 0.3 is 12.1 Å². The Labute approximate surface area is 193 Å². The van der Waals surface area contributed by atoms with Gasteiger partial charge in [-0.3, -0.25) is 10.1 Å². The van der Waals surface area contributed by atoms with Gasteiger partial charge in [0.15, 0.2) is 6.61 Å². The van der Waals surface area contributed by atoms with Crippen LogP contribution in [0.15, 0.2) is 77.0 Å². The smallest absolute Gasteiger partial charge is 0.482 e. The van der Waals surface area contributed by atoms with Crippen molar-refractivity contribution in [3.8, 4) is 11.5 Å². The van der Waals surface area contributed by atoms with Crippen molar-refractivity contribution in [2.75, 3.05) is 13.7 Å². The quantitative estimate of drug-likeness (QED) is 0.149. The largest absolute Gasteiger partial charge is 0.511 e. The molecule has 34 heavy (non-hydrogen) atoms. The summed E-state index contributed by atoms with van der Waals surface area (Å²) >= 11 is 0. The molecule has 0 atom stereocenters. The van der Waals surface area contributed by atoms with E-state index in [1.165, 1.54) is 25.3 Å². The summed E-state index contributed by atoms with van der Waals surface area (Å²) in [5, 5.41) is 28.3. The molecule has 0 heterocycles. The second-order valence-electron chi connectivity index (χ2n) is 6.82. The topological polar surface area (TPSA) is 150 Å². The predicted molar refractivity (Wildman–Crippen MR) is 119 cm³/mol. The summed E-state index contributed by atoms with van der Waals surface area (Å²) in [6, 6.07) is 17.3. The number of methoxy groups -OCH3 is 1. The zero-order valence-corrected chi connectivity index (χ0v) is 17.9. The minimum atomic E-state index is -1.51. The van der Waals surface area contributed by atoms with Crippen molar-refractivity contribution in [2.45, 2.75) is 6.42 Å². The van der Waals surface area contributed by atoms with Crippen LogP contribution in [-0.2, 0) is 16.0 Å². The molecule has 3 aromatic rings. The van der Waals surface area contributed by atoms with Gasteiger partial charge in [-0.25, -0.2) is 9.59 Å². The highest BCUT2D eigenvalue weighted by Crippen LogP contribution is 2.28. The first-order chi connectivity index (χ1) is 16.3. The summed E-state index contributed by atoms with van der Waals surface area (Å²) in [5.41, 5.74) is 2.10. The van der Waals surface area contributed by atoms with Gasteiger partial charge in [0, 0.05) is 24.1 Å². The van der Waals surface area contributed by atoms with E-state index in [4.69, 9.17) is 14.6 Å². The standard InChI is InChI=1S/C23H19N3O8/c1-32-22(27)14-33-20-9-6-18(7-10-20)25-24-17-4-2-15(3-5-17)12-16-13-19(26(30)31)8-11-21(16)34-23(28)29/h2-11,13H,12,14H2,1H3,(H,28,29). The molecule has 0 aromatic heterocycles. The van der Waals surface area contributed by atoms with Crippen LogP contribution in [-0.4, -0.2) is 35.9 Å². The lowest BCUT2D eigenvalue weighted by Crippen LogP contribution is -2.12. The maximum absolute atomic E-state index is 11.1. The molecule has 0 saturated carbocycles. The average molecular weight is 465 g/mol. The number of non-ortho nitro benzene ring substituents is 1. The van der Waals surface area contributed by atoms with Gasteiger partial charge in [-0.1, -0.05) is 12.1 Å². The van der Waals surface area contributed by atoms with Crippen LogP contribution in [0, 0.1) is 10.1 Å². The van der Waals surface area contributed by atoms with E-state index in [1.54, 1.807) is 48.5 Å². The Kier molecular flexibility index (Phi) is 7.84. The summed E-state index contributed by atoms with van der Waals surface area (Å²) in [7, 11) is 1.28. The van der Waals surface area contributed by atoms with Crippen LogP contribution in [0.1, 0.15) is 11.1 Å². The lowest BCUT2D eigenvalue weighted by atomic mass is 10.0. The van der Waals surface area contributed by atoms with Crippen LogP contribution in [0.3, 0.4) is 0 Å². The van der Waals surface area contributed by atoms with Crippen LogP contribution in [0.5, 0.6) is 11.5 Å². The average Bonchev–Trinajstić information content (AvgIpc) is 2.83. The monoisotopic (exact) mass is 465 g/mol. The summed E-state index contributed by atoms with van der Waals surface area (Å²) in [6.45, 7) is -0.191. The molecule has 0 aliphatic heterocycles. The van der Waals surface area contributed by atoms with E-state index in [9.17, 15) is 19.7 Å². The number of ether oxygens (including phenoxy) is 3. The SMILES string of the molecule is COC(=O)COc1ccc(N=Nc2ccc(Cc3cc([N+](=O)[O-])ccc3OC(=O)O)cc2)cc1. The van der Waals surface area contributed by atoms with E-state index >= 15 is 0 Å². The van der Waals surface area contributed by atoms with Crippen LogP contribution >= 0.6 is 0 Å². The number of nitro groups is 1. The zero-order chi connectivity index (χ0) is 24.5. The third kappa shape index (κ3) is 6.85. The van der Waals surface area contributed by atoms with Crippen molar-refractivity contribution in [1.82, 2.24) is 0 Å². The number of carbonyl (C=O) groups excluding carboxylic acids is 1. The molecule has 0 unspecified atom stereocenters.